The van der Waals surface area contributed by atoms with E-state index in [-0.39, 0.29) is 10.6 Å². The van der Waals surface area contributed by atoms with Crippen molar-refractivity contribution < 1.29 is 4.39 Å². The average molecular weight is 268 g/mol. The summed E-state index contributed by atoms with van der Waals surface area (Å²) in [6.07, 6.45) is 0.735. The standard InChI is InChI=1S/C14H21FN2S/c1-14(2)10-17(7-8-18-14)13-4-3-11(5-6-16)9-12(13)15/h3-4,9H,5-8,10,16H2,1-2H3. The van der Waals surface area contributed by atoms with Crippen LogP contribution in [0.15, 0.2) is 18.2 Å². The number of benzene rings is 1. The number of rotatable bonds is 3. The molecule has 0 spiro atoms. The van der Waals surface area contributed by atoms with Gasteiger partial charge in [-0.3, -0.25) is 0 Å². The highest BCUT2D eigenvalue weighted by Gasteiger charge is 2.28. The Labute approximate surface area is 113 Å². The van der Waals surface area contributed by atoms with E-state index in [2.05, 4.69) is 18.7 Å². The number of nitrogens with two attached hydrogens (primary N) is 1. The van der Waals surface area contributed by atoms with Gasteiger partial charge in [-0.05, 0) is 44.5 Å². The second kappa shape index (κ2) is 5.49. The van der Waals surface area contributed by atoms with E-state index in [4.69, 9.17) is 5.73 Å². The lowest BCUT2D eigenvalue weighted by molar-refractivity contribution is 0.596. The first-order chi connectivity index (χ1) is 8.52. The van der Waals surface area contributed by atoms with Gasteiger partial charge in [0.15, 0.2) is 0 Å². The molecule has 2 nitrogen and oxygen atoms in total. The monoisotopic (exact) mass is 268 g/mol. The van der Waals surface area contributed by atoms with Crippen molar-refractivity contribution in [2.75, 3.05) is 30.3 Å². The Morgan fingerprint density at radius 1 is 1.44 bits per heavy atom. The van der Waals surface area contributed by atoms with Gasteiger partial charge in [0.1, 0.15) is 5.82 Å². The molecule has 1 fully saturated rings. The maximum atomic E-state index is 14.1. The van der Waals surface area contributed by atoms with Gasteiger partial charge in [0.2, 0.25) is 0 Å². The highest BCUT2D eigenvalue weighted by molar-refractivity contribution is 8.00. The van der Waals surface area contributed by atoms with E-state index in [1.54, 1.807) is 6.07 Å². The molecule has 100 valence electrons. The van der Waals surface area contributed by atoms with Crippen molar-refractivity contribution in [2.45, 2.75) is 25.0 Å². The largest absolute Gasteiger partial charge is 0.367 e. The summed E-state index contributed by atoms with van der Waals surface area (Å²) < 4.78 is 14.3. The Bertz CT molecular complexity index is 420. The molecular formula is C14H21FN2S. The fourth-order valence-corrected chi connectivity index (χ4v) is 3.46. The minimum Gasteiger partial charge on any atom is -0.367 e. The highest BCUT2D eigenvalue weighted by Crippen LogP contribution is 2.33. The van der Waals surface area contributed by atoms with Gasteiger partial charge in [-0.25, -0.2) is 4.39 Å². The molecule has 1 aliphatic heterocycles. The van der Waals surface area contributed by atoms with Gasteiger partial charge >= 0.3 is 0 Å². The van der Waals surface area contributed by atoms with Crippen molar-refractivity contribution in [3.8, 4) is 0 Å². The second-order valence-electron chi connectivity index (χ2n) is 5.35. The van der Waals surface area contributed by atoms with Crippen LogP contribution in [0.5, 0.6) is 0 Å². The summed E-state index contributed by atoms with van der Waals surface area (Å²) in [5, 5.41) is 0. The number of hydrogen-bond acceptors (Lipinski definition) is 3. The molecule has 0 atom stereocenters. The Hall–Kier alpha value is -0.740. The molecule has 1 heterocycles. The maximum Gasteiger partial charge on any atom is 0.146 e. The normalized spacial score (nSPS) is 19.0. The molecular weight excluding hydrogens is 247 g/mol. The van der Waals surface area contributed by atoms with Crippen molar-refractivity contribution in [2.24, 2.45) is 5.73 Å². The molecule has 0 aliphatic carbocycles. The SMILES string of the molecule is CC1(C)CN(c2ccc(CCN)cc2F)CCS1. The van der Waals surface area contributed by atoms with E-state index in [1.165, 1.54) is 0 Å². The Morgan fingerprint density at radius 2 is 2.22 bits per heavy atom. The van der Waals surface area contributed by atoms with Crippen molar-refractivity contribution in [3.05, 3.63) is 29.6 Å². The van der Waals surface area contributed by atoms with E-state index < -0.39 is 0 Å². The first kappa shape index (κ1) is 13.7. The summed E-state index contributed by atoms with van der Waals surface area (Å²) in [6, 6.07) is 5.50. The fraction of sp³-hybridized carbons (Fsp3) is 0.571. The lowest BCUT2D eigenvalue weighted by Crippen LogP contribution is -2.43. The molecule has 0 saturated carbocycles. The minimum absolute atomic E-state index is 0.122. The Balaban J connectivity index is 2.18. The van der Waals surface area contributed by atoms with Crippen LogP contribution in [0.25, 0.3) is 0 Å². The molecule has 0 amide bonds. The summed E-state index contributed by atoms with van der Waals surface area (Å²) in [7, 11) is 0. The van der Waals surface area contributed by atoms with Gasteiger partial charge in [0.05, 0.1) is 5.69 Å². The molecule has 1 aromatic rings. The lowest BCUT2D eigenvalue weighted by Gasteiger charge is -2.39. The summed E-state index contributed by atoms with van der Waals surface area (Å²) in [4.78, 5) is 2.15. The van der Waals surface area contributed by atoms with Crippen LogP contribution in [0.2, 0.25) is 0 Å². The molecule has 2 rings (SSSR count). The zero-order chi connectivity index (χ0) is 13.2. The summed E-state index contributed by atoms with van der Waals surface area (Å²) in [5.41, 5.74) is 7.19. The van der Waals surface area contributed by atoms with Crippen LogP contribution in [0.4, 0.5) is 10.1 Å². The molecule has 1 aromatic carbocycles. The fourth-order valence-electron chi connectivity index (χ4n) is 2.35. The topological polar surface area (TPSA) is 29.3 Å². The third kappa shape index (κ3) is 3.18. The molecule has 0 bridgehead atoms. The van der Waals surface area contributed by atoms with Crippen molar-refractivity contribution in [3.63, 3.8) is 0 Å². The van der Waals surface area contributed by atoms with Gasteiger partial charge in [0, 0.05) is 23.6 Å². The Morgan fingerprint density at radius 3 is 2.83 bits per heavy atom. The average Bonchev–Trinajstić information content (AvgIpc) is 2.28. The van der Waals surface area contributed by atoms with Gasteiger partial charge < -0.3 is 10.6 Å². The van der Waals surface area contributed by atoms with Crippen LogP contribution in [0, 0.1) is 5.82 Å². The Kier molecular flexibility index (Phi) is 4.17. The van der Waals surface area contributed by atoms with E-state index in [0.717, 1.165) is 36.5 Å². The lowest BCUT2D eigenvalue weighted by atomic mass is 10.1. The summed E-state index contributed by atoms with van der Waals surface area (Å²) in [5.74, 6) is 0.931. The number of anilines is 1. The van der Waals surface area contributed by atoms with Gasteiger partial charge in [-0.1, -0.05) is 6.07 Å². The van der Waals surface area contributed by atoms with Crippen LogP contribution in [0.3, 0.4) is 0 Å². The van der Waals surface area contributed by atoms with Gasteiger partial charge in [0.25, 0.3) is 0 Å². The number of nitrogens with zero attached hydrogens (tertiary/aromatic N) is 1. The quantitative estimate of drug-likeness (QED) is 0.914. The first-order valence-electron chi connectivity index (χ1n) is 6.39. The van der Waals surface area contributed by atoms with Gasteiger partial charge in [-0.2, -0.15) is 11.8 Å². The molecule has 2 N–H and O–H groups in total. The smallest absolute Gasteiger partial charge is 0.146 e. The van der Waals surface area contributed by atoms with Crippen LogP contribution in [-0.2, 0) is 6.42 Å². The predicted octanol–water partition coefficient (Wildman–Crippen LogP) is 2.66. The van der Waals surface area contributed by atoms with Crippen molar-refractivity contribution in [1.82, 2.24) is 0 Å². The molecule has 18 heavy (non-hydrogen) atoms. The van der Waals surface area contributed by atoms with Crippen molar-refractivity contribution >= 4 is 17.4 Å². The zero-order valence-electron chi connectivity index (χ0n) is 11.1. The third-order valence-corrected chi connectivity index (χ3v) is 4.51. The van der Waals surface area contributed by atoms with Gasteiger partial charge in [-0.15, -0.1) is 0 Å². The maximum absolute atomic E-state index is 14.1. The molecule has 1 saturated heterocycles. The third-order valence-electron chi connectivity index (χ3n) is 3.21. The minimum atomic E-state index is -0.122. The molecule has 1 aliphatic rings. The second-order valence-corrected chi connectivity index (χ2v) is 7.16. The summed E-state index contributed by atoms with van der Waals surface area (Å²) >= 11 is 1.96. The molecule has 0 aromatic heterocycles. The molecule has 0 unspecified atom stereocenters. The summed E-state index contributed by atoms with van der Waals surface area (Å²) in [6.45, 7) is 6.80. The van der Waals surface area contributed by atoms with Crippen LogP contribution >= 0.6 is 11.8 Å². The van der Waals surface area contributed by atoms with Crippen molar-refractivity contribution in [1.29, 1.82) is 0 Å². The van der Waals surface area contributed by atoms with E-state index in [0.29, 0.717) is 6.54 Å². The van der Waals surface area contributed by atoms with Crippen LogP contribution in [0.1, 0.15) is 19.4 Å². The van der Waals surface area contributed by atoms with Crippen LogP contribution < -0.4 is 10.6 Å². The van der Waals surface area contributed by atoms with E-state index >= 15 is 0 Å². The van der Waals surface area contributed by atoms with Crippen LogP contribution in [-0.4, -0.2) is 30.1 Å². The van der Waals surface area contributed by atoms with E-state index in [9.17, 15) is 4.39 Å². The van der Waals surface area contributed by atoms with E-state index in [1.807, 2.05) is 23.9 Å². The molecule has 0 radical (unpaired) electrons. The highest BCUT2D eigenvalue weighted by atomic mass is 32.2. The first-order valence-corrected chi connectivity index (χ1v) is 7.38. The number of hydrogen-bond donors (Lipinski definition) is 1. The number of halogens is 1. The molecule has 4 heteroatoms. The number of thioether (sulfide) groups is 1. The zero-order valence-corrected chi connectivity index (χ0v) is 11.9. The predicted molar refractivity (Wildman–Crippen MR) is 77.9 cm³/mol.